The van der Waals surface area contributed by atoms with Crippen LogP contribution in [-0.2, 0) is 0 Å². The highest BCUT2D eigenvalue weighted by atomic mass is 16.4. The Kier molecular flexibility index (Phi) is 3.90. The average molecular weight is 235 g/mol. The third-order valence-electron chi connectivity index (χ3n) is 3.22. The van der Waals surface area contributed by atoms with E-state index in [0.717, 1.165) is 18.9 Å². The number of aromatic nitrogens is 2. The van der Waals surface area contributed by atoms with Gasteiger partial charge < -0.3 is 10.4 Å². The van der Waals surface area contributed by atoms with Crippen molar-refractivity contribution in [2.45, 2.75) is 32.1 Å². The van der Waals surface area contributed by atoms with Gasteiger partial charge >= 0.3 is 5.97 Å². The third kappa shape index (κ3) is 3.15. The quantitative estimate of drug-likeness (QED) is 0.818. The maximum atomic E-state index is 10.9. The second kappa shape index (κ2) is 5.61. The van der Waals surface area contributed by atoms with Crippen molar-refractivity contribution in [3.63, 3.8) is 0 Å². The monoisotopic (exact) mass is 235 g/mol. The van der Waals surface area contributed by atoms with Gasteiger partial charge in [-0.15, -0.1) is 0 Å². The molecule has 5 nitrogen and oxygen atoms in total. The lowest BCUT2D eigenvalue weighted by Gasteiger charge is -2.10. The number of carboxylic acids is 1. The summed E-state index contributed by atoms with van der Waals surface area (Å²) < 4.78 is 0. The molecule has 1 aliphatic rings. The lowest BCUT2D eigenvalue weighted by Crippen LogP contribution is -2.12. The minimum absolute atomic E-state index is 0.000998. The maximum absolute atomic E-state index is 10.9. The summed E-state index contributed by atoms with van der Waals surface area (Å²) in [4.78, 5) is 18.7. The van der Waals surface area contributed by atoms with E-state index in [4.69, 9.17) is 5.11 Å². The molecule has 0 spiro atoms. The van der Waals surface area contributed by atoms with E-state index >= 15 is 0 Å². The number of hydrogen-bond acceptors (Lipinski definition) is 4. The second-order valence-electron chi connectivity index (χ2n) is 4.42. The van der Waals surface area contributed by atoms with Gasteiger partial charge in [0.25, 0.3) is 0 Å². The van der Waals surface area contributed by atoms with Crippen molar-refractivity contribution in [3.05, 3.63) is 18.1 Å². The maximum Gasteiger partial charge on any atom is 0.358 e. The molecule has 92 valence electrons. The molecule has 1 aliphatic carbocycles. The fourth-order valence-electron chi connectivity index (χ4n) is 2.32. The summed E-state index contributed by atoms with van der Waals surface area (Å²) in [7, 11) is 0. The lowest BCUT2D eigenvalue weighted by molar-refractivity contribution is 0.0691. The summed E-state index contributed by atoms with van der Waals surface area (Å²) in [5.41, 5.74) is -0.000998. The number of carboxylic acid groups (broad SMARTS) is 1. The van der Waals surface area contributed by atoms with Gasteiger partial charge in [0.05, 0.1) is 0 Å². The Morgan fingerprint density at radius 1 is 1.35 bits per heavy atom. The Hall–Kier alpha value is -1.65. The van der Waals surface area contributed by atoms with Crippen LogP contribution in [0.5, 0.6) is 0 Å². The van der Waals surface area contributed by atoms with Gasteiger partial charge in [-0.1, -0.05) is 25.7 Å². The standard InChI is InChI=1S/C12H17N3O2/c16-12(17)10-11(15-8-7-13-10)14-6-5-9-3-1-2-4-9/h7-9H,1-6H2,(H,14,15)(H,16,17). The SMILES string of the molecule is O=C(O)c1nccnc1NCCC1CCCC1. The number of carbonyl (C=O) groups is 1. The second-order valence-corrected chi connectivity index (χ2v) is 4.42. The first-order chi connectivity index (χ1) is 8.27. The first-order valence-electron chi connectivity index (χ1n) is 6.05. The largest absolute Gasteiger partial charge is 0.476 e. The van der Waals surface area contributed by atoms with Crippen LogP contribution in [0.15, 0.2) is 12.4 Å². The molecule has 1 aromatic rings. The fourth-order valence-corrected chi connectivity index (χ4v) is 2.32. The molecule has 17 heavy (non-hydrogen) atoms. The highest BCUT2D eigenvalue weighted by Crippen LogP contribution is 2.27. The molecule has 1 heterocycles. The Bertz CT molecular complexity index is 389. The molecule has 0 amide bonds. The predicted octanol–water partition coefficient (Wildman–Crippen LogP) is 2.17. The van der Waals surface area contributed by atoms with Crippen LogP contribution in [0.4, 0.5) is 5.82 Å². The van der Waals surface area contributed by atoms with Crippen LogP contribution >= 0.6 is 0 Å². The molecular formula is C12H17N3O2. The highest BCUT2D eigenvalue weighted by molar-refractivity contribution is 5.90. The number of rotatable bonds is 5. The molecule has 0 aromatic carbocycles. The molecule has 1 aromatic heterocycles. The normalized spacial score (nSPS) is 16.0. The molecular weight excluding hydrogens is 218 g/mol. The van der Waals surface area contributed by atoms with Crippen molar-refractivity contribution in [2.75, 3.05) is 11.9 Å². The molecule has 0 unspecified atom stereocenters. The van der Waals surface area contributed by atoms with Crippen LogP contribution in [0, 0.1) is 5.92 Å². The predicted molar refractivity (Wildman–Crippen MR) is 64.1 cm³/mol. The smallest absolute Gasteiger partial charge is 0.358 e. The number of aromatic carboxylic acids is 1. The molecule has 0 aliphatic heterocycles. The van der Waals surface area contributed by atoms with Crippen LogP contribution in [0.3, 0.4) is 0 Å². The zero-order valence-electron chi connectivity index (χ0n) is 9.72. The van der Waals surface area contributed by atoms with Gasteiger partial charge in [-0.3, -0.25) is 0 Å². The summed E-state index contributed by atoms with van der Waals surface area (Å²) >= 11 is 0. The molecule has 0 radical (unpaired) electrons. The first-order valence-corrected chi connectivity index (χ1v) is 6.05. The molecule has 0 saturated heterocycles. The van der Waals surface area contributed by atoms with E-state index in [2.05, 4.69) is 15.3 Å². The minimum atomic E-state index is -1.04. The van der Waals surface area contributed by atoms with Crippen LogP contribution in [-0.4, -0.2) is 27.6 Å². The lowest BCUT2D eigenvalue weighted by atomic mass is 10.0. The zero-order chi connectivity index (χ0) is 12.1. The Morgan fingerprint density at radius 2 is 2.06 bits per heavy atom. The van der Waals surface area contributed by atoms with Gasteiger partial charge in [0.2, 0.25) is 0 Å². The number of hydrogen-bond donors (Lipinski definition) is 2. The summed E-state index contributed by atoms with van der Waals surface area (Å²) in [5, 5.41) is 12.0. The van der Waals surface area contributed by atoms with E-state index < -0.39 is 5.97 Å². The number of nitrogens with one attached hydrogen (secondary N) is 1. The molecule has 2 N–H and O–H groups in total. The van der Waals surface area contributed by atoms with Crippen molar-refractivity contribution >= 4 is 11.8 Å². The van der Waals surface area contributed by atoms with E-state index in [-0.39, 0.29) is 5.69 Å². The first kappa shape index (κ1) is 11.8. The van der Waals surface area contributed by atoms with Gasteiger partial charge in [0.15, 0.2) is 11.5 Å². The van der Waals surface area contributed by atoms with Crippen LogP contribution in [0.2, 0.25) is 0 Å². The summed E-state index contributed by atoms with van der Waals surface area (Å²) in [5.74, 6) is 0.118. The molecule has 1 fully saturated rings. The summed E-state index contributed by atoms with van der Waals surface area (Å²) in [6, 6.07) is 0. The van der Waals surface area contributed by atoms with Crippen molar-refractivity contribution in [2.24, 2.45) is 5.92 Å². The van der Waals surface area contributed by atoms with Crippen molar-refractivity contribution in [3.8, 4) is 0 Å². The van der Waals surface area contributed by atoms with Crippen molar-refractivity contribution in [1.29, 1.82) is 0 Å². The minimum Gasteiger partial charge on any atom is -0.476 e. The number of nitrogens with zero attached hydrogens (tertiary/aromatic N) is 2. The van der Waals surface area contributed by atoms with Gasteiger partial charge in [0, 0.05) is 18.9 Å². The summed E-state index contributed by atoms with van der Waals surface area (Å²) in [6.45, 7) is 0.767. The van der Waals surface area contributed by atoms with E-state index in [1.54, 1.807) is 0 Å². The molecule has 0 atom stereocenters. The Balaban J connectivity index is 1.87. The van der Waals surface area contributed by atoms with Gasteiger partial charge in [-0.05, 0) is 12.3 Å². The van der Waals surface area contributed by atoms with Crippen LogP contribution in [0.25, 0.3) is 0 Å². The topological polar surface area (TPSA) is 75.1 Å². The van der Waals surface area contributed by atoms with E-state index in [9.17, 15) is 4.79 Å². The van der Waals surface area contributed by atoms with Crippen molar-refractivity contribution < 1.29 is 9.90 Å². The Labute approximate surface area is 100 Å². The fraction of sp³-hybridized carbons (Fsp3) is 0.583. The van der Waals surface area contributed by atoms with Crippen LogP contribution < -0.4 is 5.32 Å². The highest BCUT2D eigenvalue weighted by Gasteiger charge is 2.16. The van der Waals surface area contributed by atoms with Gasteiger partial charge in [-0.2, -0.15) is 0 Å². The average Bonchev–Trinajstić information content (AvgIpc) is 2.82. The molecule has 1 saturated carbocycles. The summed E-state index contributed by atoms with van der Waals surface area (Å²) in [6.07, 6.45) is 9.24. The molecule has 2 rings (SSSR count). The van der Waals surface area contributed by atoms with Gasteiger partial charge in [-0.25, -0.2) is 14.8 Å². The van der Waals surface area contributed by atoms with E-state index in [1.165, 1.54) is 38.1 Å². The van der Waals surface area contributed by atoms with Gasteiger partial charge in [0.1, 0.15) is 0 Å². The van der Waals surface area contributed by atoms with E-state index in [0.29, 0.717) is 5.82 Å². The molecule has 5 heteroatoms. The van der Waals surface area contributed by atoms with E-state index in [1.807, 2.05) is 0 Å². The zero-order valence-corrected chi connectivity index (χ0v) is 9.72. The third-order valence-corrected chi connectivity index (χ3v) is 3.22. The van der Waals surface area contributed by atoms with Crippen molar-refractivity contribution in [1.82, 2.24) is 9.97 Å². The molecule has 0 bridgehead atoms. The Morgan fingerprint density at radius 3 is 2.76 bits per heavy atom. The number of anilines is 1. The van der Waals surface area contributed by atoms with Crippen LogP contribution in [0.1, 0.15) is 42.6 Å².